The number of nitrogen functional groups attached to an aromatic ring is 1. The first-order valence-electron chi connectivity index (χ1n) is 6.55. The predicted octanol–water partition coefficient (Wildman–Crippen LogP) is 2.45. The van der Waals surface area contributed by atoms with Gasteiger partial charge in [0.05, 0.1) is 0 Å². The van der Waals surface area contributed by atoms with E-state index in [1.807, 2.05) is 31.2 Å². The molecule has 0 radical (unpaired) electrons. The van der Waals surface area contributed by atoms with Crippen molar-refractivity contribution in [1.82, 2.24) is 4.72 Å². The summed E-state index contributed by atoms with van der Waals surface area (Å²) in [4.78, 5) is -0.398. The first-order valence-corrected chi connectivity index (χ1v) is 8.04. The molecule has 2 aromatic carbocycles. The number of rotatable bonds is 5. The Bertz CT molecular complexity index is 745. The standard InChI is InChI=1S/C15H17FN2O2S/c1-2-11-5-3-4-6-12(11)10-18-21(19,20)15-8-7-13(17)9-14(15)16/h3-9,18H,2,10,17H2,1H3. The van der Waals surface area contributed by atoms with Gasteiger partial charge >= 0.3 is 0 Å². The summed E-state index contributed by atoms with van der Waals surface area (Å²) in [6.45, 7) is 2.11. The number of benzene rings is 2. The van der Waals surface area contributed by atoms with Crippen LogP contribution >= 0.6 is 0 Å². The van der Waals surface area contributed by atoms with Gasteiger partial charge in [-0.2, -0.15) is 0 Å². The highest BCUT2D eigenvalue weighted by Gasteiger charge is 2.19. The lowest BCUT2D eigenvalue weighted by Gasteiger charge is -2.10. The Labute approximate surface area is 123 Å². The predicted molar refractivity (Wildman–Crippen MR) is 80.7 cm³/mol. The van der Waals surface area contributed by atoms with Crippen LogP contribution in [-0.4, -0.2) is 8.42 Å². The number of hydrogen-bond acceptors (Lipinski definition) is 3. The molecule has 0 aliphatic carbocycles. The fourth-order valence-electron chi connectivity index (χ4n) is 2.06. The Balaban J connectivity index is 2.22. The normalized spacial score (nSPS) is 11.5. The van der Waals surface area contributed by atoms with Gasteiger partial charge in [0.25, 0.3) is 0 Å². The van der Waals surface area contributed by atoms with Crippen LogP contribution in [0.1, 0.15) is 18.1 Å². The van der Waals surface area contributed by atoms with Crippen LogP contribution in [0.25, 0.3) is 0 Å². The van der Waals surface area contributed by atoms with Crippen LogP contribution in [0.3, 0.4) is 0 Å². The number of sulfonamides is 1. The second-order valence-corrected chi connectivity index (χ2v) is 6.37. The number of aryl methyl sites for hydroxylation is 1. The Hall–Kier alpha value is -1.92. The molecule has 0 spiro atoms. The maximum Gasteiger partial charge on any atom is 0.243 e. The molecule has 112 valence electrons. The van der Waals surface area contributed by atoms with Crippen molar-refractivity contribution < 1.29 is 12.8 Å². The van der Waals surface area contributed by atoms with Gasteiger partial charge in [0.15, 0.2) is 0 Å². The van der Waals surface area contributed by atoms with Crippen molar-refractivity contribution in [3.8, 4) is 0 Å². The first kappa shape index (κ1) is 15.5. The van der Waals surface area contributed by atoms with Crippen molar-refractivity contribution >= 4 is 15.7 Å². The molecule has 4 nitrogen and oxygen atoms in total. The third-order valence-electron chi connectivity index (χ3n) is 3.20. The van der Waals surface area contributed by atoms with Crippen LogP contribution in [0.5, 0.6) is 0 Å². The second kappa shape index (κ2) is 6.24. The van der Waals surface area contributed by atoms with E-state index >= 15 is 0 Å². The summed E-state index contributed by atoms with van der Waals surface area (Å²) in [5.41, 5.74) is 7.53. The summed E-state index contributed by atoms with van der Waals surface area (Å²) in [5.74, 6) is -0.855. The molecule has 2 rings (SSSR count). The fraction of sp³-hybridized carbons (Fsp3) is 0.200. The lowest BCUT2D eigenvalue weighted by atomic mass is 10.1. The Morgan fingerprint density at radius 2 is 1.81 bits per heavy atom. The van der Waals surface area contributed by atoms with Crippen molar-refractivity contribution in [2.24, 2.45) is 0 Å². The van der Waals surface area contributed by atoms with Crippen molar-refractivity contribution in [3.63, 3.8) is 0 Å². The van der Waals surface area contributed by atoms with Crippen molar-refractivity contribution in [2.45, 2.75) is 24.8 Å². The summed E-state index contributed by atoms with van der Waals surface area (Å²) >= 11 is 0. The zero-order chi connectivity index (χ0) is 15.5. The van der Waals surface area contributed by atoms with Gasteiger partial charge in [0, 0.05) is 12.2 Å². The first-order chi connectivity index (χ1) is 9.94. The highest BCUT2D eigenvalue weighted by molar-refractivity contribution is 7.89. The van der Waals surface area contributed by atoms with E-state index in [2.05, 4.69) is 4.72 Å². The molecule has 2 aromatic rings. The Morgan fingerprint density at radius 3 is 2.43 bits per heavy atom. The molecule has 0 fully saturated rings. The molecule has 3 N–H and O–H groups in total. The fourth-order valence-corrected chi connectivity index (χ4v) is 3.12. The van der Waals surface area contributed by atoms with Crippen molar-refractivity contribution in [1.29, 1.82) is 0 Å². The second-order valence-electron chi connectivity index (χ2n) is 4.64. The summed E-state index contributed by atoms with van der Waals surface area (Å²) in [7, 11) is -3.91. The topological polar surface area (TPSA) is 72.2 Å². The van der Waals surface area contributed by atoms with E-state index < -0.39 is 20.7 Å². The van der Waals surface area contributed by atoms with E-state index in [-0.39, 0.29) is 12.2 Å². The number of halogens is 1. The Kier molecular flexibility index (Phi) is 4.59. The van der Waals surface area contributed by atoms with Crippen LogP contribution in [0.4, 0.5) is 10.1 Å². The van der Waals surface area contributed by atoms with E-state index in [1.165, 1.54) is 12.1 Å². The van der Waals surface area contributed by atoms with Crippen molar-refractivity contribution in [3.05, 3.63) is 59.4 Å². The van der Waals surface area contributed by atoms with Crippen LogP contribution < -0.4 is 10.5 Å². The molecule has 0 aromatic heterocycles. The zero-order valence-electron chi connectivity index (χ0n) is 11.6. The van der Waals surface area contributed by atoms with Gasteiger partial charge in [-0.25, -0.2) is 17.5 Å². The van der Waals surface area contributed by atoms with Gasteiger partial charge in [-0.05, 0) is 35.7 Å². The van der Waals surface area contributed by atoms with Gasteiger partial charge in [0.1, 0.15) is 10.7 Å². The zero-order valence-corrected chi connectivity index (χ0v) is 12.5. The maximum absolute atomic E-state index is 13.7. The highest BCUT2D eigenvalue weighted by Crippen LogP contribution is 2.18. The molecular formula is C15H17FN2O2S. The molecule has 6 heteroatoms. The van der Waals surface area contributed by atoms with Gasteiger partial charge in [-0.15, -0.1) is 0 Å². The summed E-state index contributed by atoms with van der Waals surface area (Å²) in [6.07, 6.45) is 0.800. The number of anilines is 1. The van der Waals surface area contributed by atoms with Crippen LogP contribution in [0, 0.1) is 5.82 Å². The van der Waals surface area contributed by atoms with Gasteiger partial charge < -0.3 is 5.73 Å². The molecule has 0 aliphatic rings. The minimum absolute atomic E-state index is 0.121. The monoisotopic (exact) mass is 308 g/mol. The molecular weight excluding hydrogens is 291 g/mol. The molecule has 0 bridgehead atoms. The number of nitrogens with two attached hydrogens (primary N) is 1. The molecule has 0 heterocycles. The molecule has 0 saturated heterocycles. The van der Waals surface area contributed by atoms with E-state index in [1.54, 1.807) is 0 Å². The lowest BCUT2D eigenvalue weighted by Crippen LogP contribution is -2.24. The average molecular weight is 308 g/mol. The minimum atomic E-state index is -3.91. The van der Waals surface area contributed by atoms with Gasteiger partial charge in [-0.1, -0.05) is 31.2 Å². The molecule has 0 aliphatic heterocycles. The molecule has 0 atom stereocenters. The average Bonchev–Trinajstić information content (AvgIpc) is 2.45. The van der Waals surface area contributed by atoms with Crippen LogP contribution in [0.2, 0.25) is 0 Å². The largest absolute Gasteiger partial charge is 0.399 e. The third kappa shape index (κ3) is 3.59. The molecule has 0 amide bonds. The highest BCUT2D eigenvalue weighted by atomic mass is 32.2. The van der Waals surface area contributed by atoms with Crippen molar-refractivity contribution in [2.75, 3.05) is 5.73 Å². The lowest BCUT2D eigenvalue weighted by molar-refractivity contribution is 0.557. The van der Waals surface area contributed by atoms with E-state index in [9.17, 15) is 12.8 Å². The van der Waals surface area contributed by atoms with Gasteiger partial charge in [-0.3, -0.25) is 0 Å². The molecule has 21 heavy (non-hydrogen) atoms. The third-order valence-corrected chi connectivity index (χ3v) is 4.63. The smallest absolute Gasteiger partial charge is 0.243 e. The Morgan fingerprint density at radius 1 is 1.14 bits per heavy atom. The van der Waals surface area contributed by atoms with Crippen LogP contribution in [0.15, 0.2) is 47.4 Å². The summed E-state index contributed by atoms with van der Waals surface area (Å²) < 4.78 is 40.4. The summed E-state index contributed by atoms with van der Waals surface area (Å²) in [5, 5.41) is 0. The quantitative estimate of drug-likeness (QED) is 0.833. The maximum atomic E-state index is 13.7. The SMILES string of the molecule is CCc1ccccc1CNS(=O)(=O)c1ccc(N)cc1F. The van der Waals surface area contributed by atoms with E-state index in [0.29, 0.717) is 0 Å². The minimum Gasteiger partial charge on any atom is -0.399 e. The molecule has 0 unspecified atom stereocenters. The van der Waals surface area contributed by atoms with E-state index in [4.69, 9.17) is 5.73 Å². The van der Waals surface area contributed by atoms with E-state index in [0.717, 1.165) is 23.6 Å². The summed E-state index contributed by atoms with van der Waals surface area (Å²) in [6, 6.07) is 11.0. The number of nitrogens with one attached hydrogen (secondary N) is 1. The van der Waals surface area contributed by atoms with Crippen LogP contribution in [-0.2, 0) is 23.0 Å². The van der Waals surface area contributed by atoms with Gasteiger partial charge in [0.2, 0.25) is 10.0 Å². The molecule has 0 saturated carbocycles. The number of hydrogen-bond donors (Lipinski definition) is 2.